The van der Waals surface area contributed by atoms with Gasteiger partial charge < -0.3 is 4.98 Å². The molecule has 1 atom stereocenters. The molecule has 5 nitrogen and oxygen atoms in total. The fraction of sp³-hybridized carbons (Fsp3) is 0.0952. The Morgan fingerprint density at radius 3 is 2.75 bits per heavy atom. The number of aromatic amines is 1. The Morgan fingerprint density at radius 2 is 1.96 bits per heavy atom. The van der Waals surface area contributed by atoms with E-state index in [2.05, 4.69) is 9.71 Å². The van der Waals surface area contributed by atoms with Crippen LogP contribution in [0, 0.1) is 11.3 Å². The van der Waals surface area contributed by atoms with Gasteiger partial charge in [-0.15, -0.1) is 11.3 Å². The molecular formula is C21H17N3O2S2. The molecule has 0 fully saturated rings. The van der Waals surface area contributed by atoms with E-state index in [9.17, 15) is 8.42 Å². The van der Waals surface area contributed by atoms with Crippen molar-refractivity contribution in [3.8, 4) is 6.07 Å². The molecule has 140 valence electrons. The molecule has 0 saturated heterocycles. The molecule has 0 aliphatic rings. The number of rotatable bonds is 6. The molecule has 4 aromatic rings. The van der Waals surface area contributed by atoms with Gasteiger partial charge in [-0.3, -0.25) is 0 Å². The highest BCUT2D eigenvalue weighted by Crippen LogP contribution is 2.33. The summed E-state index contributed by atoms with van der Waals surface area (Å²) in [4.78, 5) is 4.44. The van der Waals surface area contributed by atoms with Crippen molar-refractivity contribution in [1.82, 2.24) is 9.71 Å². The monoisotopic (exact) mass is 407 g/mol. The van der Waals surface area contributed by atoms with E-state index < -0.39 is 10.0 Å². The summed E-state index contributed by atoms with van der Waals surface area (Å²) in [5.41, 5.74) is 2.38. The highest BCUT2D eigenvalue weighted by molar-refractivity contribution is 7.89. The first kappa shape index (κ1) is 18.4. The Kier molecular flexibility index (Phi) is 5.01. The summed E-state index contributed by atoms with van der Waals surface area (Å²) in [7, 11) is -3.73. The first-order valence-electron chi connectivity index (χ1n) is 8.68. The van der Waals surface area contributed by atoms with Crippen LogP contribution >= 0.6 is 11.3 Å². The van der Waals surface area contributed by atoms with E-state index in [0.717, 1.165) is 21.3 Å². The fourth-order valence-corrected chi connectivity index (χ4v) is 5.18. The maximum absolute atomic E-state index is 12.8. The Hall–Kier alpha value is -2.92. The van der Waals surface area contributed by atoms with E-state index in [-0.39, 0.29) is 17.4 Å². The number of H-pyrrole nitrogens is 1. The summed E-state index contributed by atoms with van der Waals surface area (Å²) in [5.74, 6) is -0.120. The van der Waals surface area contributed by atoms with Gasteiger partial charge in [-0.25, -0.2) is 13.1 Å². The zero-order valence-corrected chi connectivity index (χ0v) is 16.4. The van der Waals surface area contributed by atoms with Gasteiger partial charge in [0, 0.05) is 34.4 Å². The molecule has 4 rings (SSSR count). The number of sulfonamides is 1. The zero-order chi connectivity index (χ0) is 19.6. The summed E-state index contributed by atoms with van der Waals surface area (Å²) in [5, 5.41) is 12.1. The molecule has 7 heteroatoms. The average Bonchev–Trinajstić information content (AvgIpc) is 3.39. The molecule has 2 aromatic heterocycles. The lowest BCUT2D eigenvalue weighted by Gasteiger charge is -2.16. The number of thiophene rings is 1. The van der Waals surface area contributed by atoms with Crippen LogP contribution in [0.15, 0.2) is 77.1 Å². The van der Waals surface area contributed by atoms with E-state index in [1.807, 2.05) is 54.0 Å². The Bertz CT molecular complexity index is 1250. The quantitative estimate of drug-likeness (QED) is 0.502. The van der Waals surface area contributed by atoms with E-state index in [1.54, 1.807) is 23.5 Å². The summed E-state index contributed by atoms with van der Waals surface area (Å²) in [6.07, 6.45) is 1.94. The number of fused-ring (bicyclic) bond motifs is 1. The van der Waals surface area contributed by atoms with Crippen molar-refractivity contribution >= 4 is 32.3 Å². The van der Waals surface area contributed by atoms with Gasteiger partial charge in [0.15, 0.2) is 0 Å². The Morgan fingerprint density at radius 1 is 1.11 bits per heavy atom. The number of nitrogens with zero attached hydrogens (tertiary/aromatic N) is 1. The van der Waals surface area contributed by atoms with Crippen molar-refractivity contribution < 1.29 is 8.42 Å². The van der Waals surface area contributed by atoms with E-state index in [0.29, 0.717) is 5.56 Å². The number of hydrogen-bond acceptors (Lipinski definition) is 4. The highest BCUT2D eigenvalue weighted by atomic mass is 32.2. The van der Waals surface area contributed by atoms with Crippen molar-refractivity contribution in [3.63, 3.8) is 0 Å². The van der Waals surface area contributed by atoms with Crippen LogP contribution in [0.4, 0.5) is 0 Å². The van der Waals surface area contributed by atoms with Crippen LogP contribution in [0.3, 0.4) is 0 Å². The van der Waals surface area contributed by atoms with Crippen LogP contribution < -0.4 is 4.72 Å². The number of benzene rings is 2. The lowest BCUT2D eigenvalue weighted by molar-refractivity contribution is 0.578. The van der Waals surface area contributed by atoms with Crippen molar-refractivity contribution in [2.24, 2.45) is 0 Å². The smallest absolute Gasteiger partial charge is 0.240 e. The fourth-order valence-electron chi connectivity index (χ4n) is 3.24. The first-order chi connectivity index (χ1) is 13.6. The number of para-hydroxylation sites is 1. The third-order valence-electron chi connectivity index (χ3n) is 4.63. The minimum absolute atomic E-state index is 0.0930. The first-order valence-corrected chi connectivity index (χ1v) is 11.0. The minimum atomic E-state index is -3.73. The van der Waals surface area contributed by atoms with Gasteiger partial charge in [0.2, 0.25) is 10.0 Å². The van der Waals surface area contributed by atoms with E-state index in [1.165, 1.54) is 12.1 Å². The molecule has 0 aliphatic heterocycles. The molecule has 0 spiro atoms. The SMILES string of the molecule is N#Cc1cccc(S(=O)(=O)NC[C@@H](c2cccs2)c2c[nH]c3ccccc23)c1. The highest BCUT2D eigenvalue weighted by Gasteiger charge is 2.22. The van der Waals surface area contributed by atoms with E-state index in [4.69, 9.17) is 5.26 Å². The van der Waals surface area contributed by atoms with Gasteiger partial charge >= 0.3 is 0 Å². The maximum Gasteiger partial charge on any atom is 0.240 e. The molecule has 2 heterocycles. The van der Waals surface area contributed by atoms with Gasteiger partial charge in [0.05, 0.1) is 16.5 Å². The van der Waals surface area contributed by atoms with Crippen molar-refractivity contribution in [2.75, 3.05) is 6.54 Å². The average molecular weight is 408 g/mol. The number of aromatic nitrogens is 1. The standard InChI is InChI=1S/C21H17N3O2S2/c22-12-15-5-3-6-16(11-15)28(25,26)24-14-19(21-9-4-10-27-21)18-13-23-20-8-2-1-7-17(18)20/h1-11,13,19,23-24H,14H2/t19-/m1/s1. The van der Waals surface area contributed by atoms with Gasteiger partial charge in [-0.1, -0.05) is 30.3 Å². The van der Waals surface area contributed by atoms with Crippen molar-refractivity contribution in [3.05, 3.63) is 88.2 Å². The molecule has 2 aromatic carbocycles. The van der Waals surface area contributed by atoms with Crippen LogP contribution in [0.1, 0.15) is 21.9 Å². The topological polar surface area (TPSA) is 85.8 Å². The second kappa shape index (κ2) is 7.60. The lowest BCUT2D eigenvalue weighted by atomic mass is 9.97. The number of nitrogens with one attached hydrogen (secondary N) is 2. The van der Waals surface area contributed by atoms with Crippen LogP contribution in [-0.4, -0.2) is 19.9 Å². The summed E-state index contributed by atoms with van der Waals surface area (Å²) in [6, 6.07) is 20.0. The molecule has 0 amide bonds. The van der Waals surface area contributed by atoms with Crippen molar-refractivity contribution in [2.45, 2.75) is 10.8 Å². The summed E-state index contributed by atoms with van der Waals surface area (Å²) < 4.78 is 28.3. The Balaban J connectivity index is 1.67. The van der Waals surface area contributed by atoms with Gasteiger partial charge in [0.25, 0.3) is 0 Å². The third kappa shape index (κ3) is 3.58. The van der Waals surface area contributed by atoms with Gasteiger partial charge in [-0.05, 0) is 41.3 Å². The molecule has 0 bridgehead atoms. The lowest BCUT2D eigenvalue weighted by Crippen LogP contribution is -2.28. The normalized spacial score (nSPS) is 12.7. The number of nitriles is 1. The molecular weight excluding hydrogens is 390 g/mol. The third-order valence-corrected chi connectivity index (χ3v) is 7.04. The molecule has 28 heavy (non-hydrogen) atoms. The largest absolute Gasteiger partial charge is 0.361 e. The molecule has 2 N–H and O–H groups in total. The second-order valence-corrected chi connectivity index (χ2v) is 9.10. The van der Waals surface area contributed by atoms with Crippen LogP contribution in [0.5, 0.6) is 0 Å². The van der Waals surface area contributed by atoms with Crippen LogP contribution in [0.25, 0.3) is 10.9 Å². The summed E-state index contributed by atoms with van der Waals surface area (Å²) in [6.45, 7) is 0.224. The number of hydrogen-bond donors (Lipinski definition) is 2. The predicted molar refractivity (Wildman–Crippen MR) is 111 cm³/mol. The van der Waals surface area contributed by atoms with Crippen LogP contribution in [0.2, 0.25) is 0 Å². The summed E-state index contributed by atoms with van der Waals surface area (Å²) >= 11 is 1.60. The zero-order valence-electron chi connectivity index (χ0n) is 14.8. The molecule has 0 saturated carbocycles. The molecule has 0 radical (unpaired) electrons. The van der Waals surface area contributed by atoms with Crippen molar-refractivity contribution in [1.29, 1.82) is 5.26 Å². The van der Waals surface area contributed by atoms with E-state index >= 15 is 0 Å². The maximum atomic E-state index is 12.8. The van der Waals surface area contributed by atoms with Crippen LogP contribution in [-0.2, 0) is 10.0 Å². The van der Waals surface area contributed by atoms with Gasteiger partial charge in [-0.2, -0.15) is 5.26 Å². The predicted octanol–water partition coefficient (Wildman–Crippen LogP) is 4.21. The molecule has 0 unspecified atom stereocenters. The Labute approximate surface area is 167 Å². The molecule has 0 aliphatic carbocycles. The minimum Gasteiger partial charge on any atom is -0.361 e. The van der Waals surface area contributed by atoms with Gasteiger partial charge in [0.1, 0.15) is 0 Å². The second-order valence-electron chi connectivity index (χ2n) is 6.35.